The van der Waals surface area contributed by atoms with Crippen LogP contribution in [-0.4, -0.2) is 39.3 Å². The van der Waals surface area contributed by atoms with Crippen molar-refractivity contribution >= 4 is 14.3 Å². The summed E-state index contributed by atoms with van der Waals surface area (Å²) in [6.45, 7) is 12.4. The zero-order valence-corrected chi connectivity index (χ0v) is 14.6. The summed E-state index contributed by atoms with van der Waals surface area (Å²) in [4.78, 5) is 13.8. The van der Waals surface area contributed by atoms with Crippen LogP contribution in [-0.2, 0) is 18.7 Å². The van der Waals surface area contributed by atoms with Crippen LogP contribution >= 0.6 is 0 Å². The SMILES string of the molecule is CC(=O)OC1C[C@H](N=[N+]=[N-])[C@@H](CO[Si](C)(C)C(C)(C)C)O1. The first-order valence-corrected chi connectivity index (χ1v) is 9.98. The van der Waals surface area contributed by atoms with Gasteiger partial charge < -0.3 is 13.9 Å². The topological polar surface area (TPSA) is 93.5 Å². The van der Waals surface area contributed by atoms with E-state index in [2.05, 4.69) is 43.9 Å². The molecule has 1 saturated heterocycles. The largest absolute Gasteiger partial charge is 0.436 e. The van der Waals surface area contributed by atoms with Crippen molar-refractivity contribution in [2.45, 2.75) is 70.7 Å². The molecular weight excluding hydrogens is 290 g/mol. The van der Waals surface area contributed by atoms with Gasteiger partial charge in [-0.3, -0.25) is 4.79 Å². The third-order valence-electron chi connectivity index (χ3n) is 4.10. The first-order chi connectivity index (χ1) is 9.56. The Hall–Kier alpha value is -1.08. The minimum atomic E-state index is -1.90. The Morgan fingerprint density at radius 3 is 2.57 bits per heavy atom. The zero-order chi connectivity index (χ0) is 16.3. The van der Waals surface area contributed by atoms with Crippen LogP contribution in [0.4, 0.5) is 0 Å². The van der Waals surface area contributed by atoms with E-state index in [0.29, 0.717) is 13.0 Å². The second kappa shape index (κ2) is 6.78. The molecule has 0 N–H and O–H groups in total. The number of hydrogen-bond donors (Lipinski definition) is 0. The van der Waals surface area contributed by atoms with Crippen LogP contribution in [0.3, 0.4) is 0 Å². The molecule has 0 aromatic heterocycles. The first-order valence-electron chi connectivity index (χ1n) is 7.07. The van der Waals surface area contributed by atoms with Crippen LogP contribution < -0.4 is 0 Å². The Kier molecular flexibility index (Phi) is 5.80. The fraction of sp³-hybridized carbons (Fsp3) is 0.923. The van der Waals surface area contributed by atoms with Crippen molar-refractivity contribution in [3.05, 3.63) is 10.4 Å². The third kappa shape index (κ3) is 5.00. The molecule has 8 heteroatoms. The molecule has 1 aliphatic rings. The molecule has 0 amide bonds. The fourth-order valence-electron chi connectivity index (χ4n) is 1.80. The highest BCUT2D eigenvalue weighted by molar-refractivity contribution is 6.74. The summed E-state index contributed by atoms with van der Waals surface area (Å²) in [6.07, 6.45) is -0.666. The minimum absolute atomic E-state index is 0.0921. The second-order valence-corrected chi connectivity index (χ2v) is 11.6. The van der Waals surface area contributed by atoms with Gasteiger partial charge >= 0.3 is 5.97 Å². The summed E-state index contributed by atoms with van der Waals surface area (Å²) >= 11 is 0. The monoisotopic (exact) mass is 315 g/mol. The molecule has 0 aromatic rings. The van der Waals surface area contributed by atoms with Crippen molar-refractivity contribution in [1.29, 1.82) is 0 Å². The lowest BCUT2D eigenvalue weighted by atomic mass is 10.1. The van der Waals surface area contributed by atoms with E-state index in [-0.39, 0.29) is 17.2 Å². The highest BCUT2D eigenvalue weighted by Crippen LogP contribution is 2.37. The Balaban J connectivity index is 2.67. The Morgan fingerprint density at radius 2 is 2.10 bits per heavy atom. The summed E-state index contributed by atoms with van der Waals surface area (Å²) < 4.78 is 16.8. The van der Waals surface area contributed by atoms with Crippen molar-refractivity contribution in [3.63, 3.8) is 0 Å². The van der Waals surface area contributed by atoms with E-state index in [1.165, 1.54) is 6.92 Å². The molecule has 0 spiro atoms. The molecule has 0 radical (unpaired) electrons. The molecule has 0 aliphatic carbocycles. The Bertz CT molecular complexity index is 430. The Labute approximate surface area is 126 Å². The van der Waals surface area contributed by atoms with Crippen LogP contribution in [0.1, 0.15) is 34.1 Å². The van der Waals surface area contributed by atoms with E-state index >= 15 is 0 Å². The van der Waals surface area contributed by atoms with Crippen molar-refractivity contribution in [1.82, 2.24) is 0 Å². The van der Waals surface area contributed by atoms with Gasteiger partial charge in [-0.1, -0.05) is 25.9 Å². The maximum atomic E-state index is 11.0. The smallest absolute Gasteiger partial charge is 0.304 e. The molecule has 3 atom stereocenters. The van der Waals surface area contributed by atoms with E-state index in [1.54, 1.807) is 0 Å². The molecule has 0 bridgehead atoms. The lowest BCUT2D eigenvalue weighted by Gasteiger charge is -2.37. The zero-order valence-electron chi connectivity index (χ0n) is 13.6. The maximum absolute atomic E-state index is 11.0. The lowest BCUT2D eigenvalue weighted by Crippen LogP contribution is -2.43. The van der Waals surface area contributed by atoms with Crippen molar-refractivity contribution in [2.24, 2.45) is 5.11 Å². The summed E-state index contributed by atoms with van der Waals surface area (Å²) in [7, 11) is -1.90. The third-order valence-corrected chi connectivity index (χ3v) is 8.60. The molecule has 21 heavy (non-hydrogen) atoms. The Morgan fingerprint density at radius 1 is 1.48 bits per heavy atom. The second-order valence-electron chi connectivity index (χ2n) is 6.79. The summed E-state index contributed by atoms with van der Waals surface area (Å²) in [5.74, 6) is -0.411. The predicted octanol–water partition coefficient (Wildman–Crippen LogP) is 3.37. The minimum Gasteiger partial charge on any atom is -0.436 e. The molecule has 120 valence electrons. The van der Waals surface area contributed by atoms with Crippen molar-refractivity contribution < 1.29 is 18.7 Å². The fourth-order valence-corrected chi connectivity index (χ4v) is 2.81. The van der Waals surface area contributed by atoms with Gasteiger partial charge in [0.15, 0.2) is 8.32 Å². The van der Waals surface area contributed by atoms with Crippen LogP contribution in [0.5, 0.6) is 0 Å². The van der Waals surface area contributed by atoms with Gasteiger partial charge in [0.2, 0.25) is 6.29 Å². The van der Waals surface area contributed by atoms with Crippen LogP contribution in [0.15, 0.2) is 5.11 Å². The normalized spacial score (nSPS) is 26.3. The average molecular weight is 315 g/mol. The van der Waals surface area contributed by atoms with E-state index in [4.69, 9.17) is 19.4 Å². The summed E-state index contributed by atoms with van der Waals surface area (Å²) in [6, 6.07) is -0.371. The van der Waals surface area contributed by atoms with Gasteiger partial charge in [-0.25, -0.2) is 0 Å². The number of carbonyl (C=O) groups excluding carboxylic acids is 1. The highest BCUT2D eigenvalue weighted by Gasteiger charge is 2.41. The number of carbonyl (C=O) groups is 1. The molecule has 1 unspecified atom stereocenters. The van der Waals surface area contributed by atoms with Gasteiger partial charge in [0.25, 0.3) is 0 Å². The number of azide groups is 1. The van der Waals surface area contributed by atoms with Gasteiger partial charge in [0.05, 0.1) is 18.8 Å². The van der Waals surface area contributed by atoms with Crippen molar-refractivity contribution in [2.75, 3.05) is 6.61 Å². The number of esters is 1. The predicted molar refractivity (Wildman–Crippen MR) is 81.1 cm³/mol. The molecule has 1 aliphatic heterocycles. The van der Waals surface area contributed by atoms with E-state index in [9.17, 15) is 4.79 Å². The number of nitrogens with zero attached hydrogens (tertiary/aromatic N) is 3. The standard InChI is InChI=1S/C13H25N3O4Si/c1-9(17)19-12-7-10(15-16-14)11(20-12)8-18-21(5,6)13(2,3)4/h10-12H,7-8H2,1-6H3/t10-,11+,12?/m0/s1. The molecule has 1 fully saturated rings. The molecule has 0 aromatic carbocycles. The van der Waals surface area contributed by atoms with Crippen molar-refractivity contribution in [3.8, 4) is 0 Å². The number of rotatable bonds is 5. The molecule has 1 heterocycles. The lowest BCUT2D eigenvalue weighted by molar-refractivity contribution is -0.174. The van der Waals surface area contributed by atoms with E-state index in [1.807, 2.05) is 0 Å². The van der Waals surface area contributed by atoms with Gasteiger partial charge in [0, 0.05) is 18.3 Å². The summed E-state index contributed by atoms with van der Waals surface area (Å²) in [5, 5.41) is 3.82. The highest BCUT2D eigenvalue weighted by atomic mass is 28.4. The molecular formula is C13H25N3O4Si. The molecule has 0 saturated carbocycles. The first kappa shape index (κ1) is 18.0. The quantitative estimate of drug-likeness (QED) is 0.255. The molecule has 1 rings (SSSR count). The van der Waals surface area contributed by atoms with Crippen LogP contribution in [0.25, 0.3) is 10.4 Å². The van der Waals surface area contributed by atoms with Gasteiger partial charge in [-0.05, 0) is 23.7 Å². The van der Waals surface area contributed by atoms with Crippen LogP contribution in [0.2, 0.25) is 18.1 Å². The van der Waals surface area contributed by atoms with Crippen LogP contribution in [0, 0.1) is 0 Å². The van der Waals surface area contributed by atoms with Gasteiger partial charge in [0.1, 0.15) is 0 Å². The van der Waals surface area contributed by atoms with Gasteiger partial charge in [-0.15, -0.1) is 0 Å². The molecule has 7 nitrogen and oxygen atoms in total. The van der Waals surface area contributed by atoms with E-state index in [0.717, 1.165) is 0 Å². The summed E-state index contributed by atoms with van der Waals surface area (Å²) in [5.41, 5.74) is 8.63. The number of hydrogen-bond acceptors (Lipinski definition) is 5. The average Bonchev–Trinajstić information content (AvgIpc) is 2.67. The maximum Gasteiger partial charge on any atom is 0.304 e. The van der Waals surface area contributed by atoms with Gasteiger partial charge in [-0.2, -0.15) is 0 Å². The van der Waals surface area contributed by atoms with E-state index < -0.39 is 20.6 Å². The number of ether oxygens (including phenoxy) is 2.